The Morgan fingerprint density at radius 2 is 2.21 bits per heavy atom. The van der Waals surface area contributed by atoms with Crippen LogP contribution in [0.4, 0.5) is 11.5 Å². The van der Waals surface area contributed by atoms with E-state index < -0.39 is 0 Å². The molecule has 0 aromatic carbocycles. The van der Waals surface area contributed by atoms with Gasteiger partial charge >= 0.3 is 5.69 Å². The number of nitrogens with zero attached hydrogens (tertiary/aromatic N) is 3. The molecule has 2 N–H and O–H groups in total. The van der Waals surface area contributed by atoms with Gasteiger partial charge in [-0.1, -0.05) is 6.92 Å². The Morgan fingerprint density at radius 1 is 1.53 bits per heavy atom. The van der Waals surface area contributed by atoms with E-state index in [9.17, 15) is 10.1 Å². The molecule has 106 valence electrons. The van der Waals surface area contributed by atoms with Gasteiger partial charge in [0.05, 0.1) is 4.92 Å². The monoisotopic (exact) mass is 267 g/mol. The van der Waals surface area contributed by atoms with Gasteiger partial charge in [0.1, 0.15) is 5.69 Å². The fraction of sp³-hybridized carbons (Fsp3) is 0.750. The van der Waals surface area contributed by atoms with Crippen LogP contribution < -0.4 is 10.6 Å². The normalized spacial score (nSPS) is 16.5. The number of hydrogen-bond donors (Lipinski definition) is 2. The molecule has 1 fully saturated rings. The molecule has 0 atom stereocenters. The summed E-state index contributed by atoms with van der Waals surface area (Å²) >= 11 is 0. The van der Waals surface area contributed by atoms with Crippen LogP contribution in [0.2, 0.25) is 0 Å². The Kier molecular flexibility index (Phi) is 4.36. The van der Waals surface area contributed by atoms with Crippen LogP contribution >= 0.6 is 0 Å². The molecule has 1 aliphatic rings. The van der Waals surface area contributed by atoms with E-state index in [-0.39, 0.29) is 16.7 Å². The Balaban J connectivity index is 2.26. The van der Waals surface area contributed by atoms with E-state index in [1.165, 1.54) is 0 Å². The molecule has 1 aromatic heterocycles. The van der Waals surface area contributed by atoms with Gasteiger partial charge in [-0.3, -0.25) is 10.1 Å². The van der Waals surface area contributed by atoms with Gasteiger partial charge in [0.15, 0.2) is 0 Å². The molecule has 0 saturated carbocycles. The van der Waals surface area contributed by atoms with Crippen molar-refractivity contribution in [2.75, 3.05) is 18.4 Å². The third kappa shape index (κ3) is 3.04. The lowest BCUT2D eigenvalue weighted by Gasteiger charge is -2.24. The number of nitrogens with one attached hydrogen (secondary N) is 2. The zero-order valence-electron chi connectivity index (χ0n) is 11.5. The largest absolute Gasteiger partial charge is 0.362 e. The predicted octanol–water partition coefficient (Wildman–Crippen LogP) is 1.67. The third-order valence-electron chi connectivity index (χ3n) is 3.39. The molecule has 0 aliphatic carbocycles. The van der Waals surface area contributed by atoms with Gasteiger partial charge in [-0.05, 0) is 39.3 Å². The molecule has 1 saturated heterocycles. The Morgan fingerprint density at radius 3 is 2.79 bits per heavy atom. The second-order valence-corrected chi connectivity index (χ2v) is 4.93. The standard InChI is InChI=1S/C12H21N5O2/c1-3-8-16-12(11(17(18)19)9(2)15-16)14-10-4-6-13-7-5-10/h10,13-14H,3-8H2,1-2H3. The predicted molar refractivity (Wildman–Crippen MR) is 73.4 cm³/mol. The second-order valence-electron chi connectivity index (χ2n) is 4.93. The molecule has 19 heavy (non-hydrogen) atoms. The van der Waals surface area contributed by atoms with Crippen molar-refractivity contribution in [3.05, 3.63) is 15.8 Å². The minimum atomic E-state index is -0.335. The number of anilines is 1. The highest BCUT2D eigenvalue weighted by Gasteiger charge is 2.27. The summed E-state index contributed by atoms with van der Waals surface area (Å²) in [5.41, 5.74) is 0.599. The summed E-state index contributed by atoms with van der Waals surface area (Å²) in [5.74, 6) is 0.566. The average molecular weight is 267 g/mol. The van der Waals surface area contributed by atoms with Gasteiger partial charge in [0.25, 0.3) is 0 Å². The number of nitro groups is 1. The molecule has 0 unspecified atom stereocenters. The molecule has 7 heteroatoms. The van der Waals surface area contributed by atoms with Gasteiger partial charge in [0.2, 0.25) is 5.82 Å². The number of hydrogen-bond acceptors (Lipinski definition) is 5. The molecule has 0 bridgehead atoms. The first-order valence-corrected chi connectivity index (χ1v) is 6.82. The quantitative estimate of drug-likeness (QED) is 0.626. The highest BCUT2D eigenvalue weighted by atomic mass is 16.6. The number of rotatable bonds is 5. The molecular formula is C12H21N5O2. The summed E-state index contributed by atoms with van der Waals surface area (Å²) < 4.78 is 1.73. The summed E-state index contributed by atoms with van der Waals surface area (Å²) in [6.45, 7) is 6.33. The molecule has 1 aromatic rings. The molecule has 0 spiro atoms. The first-order valence-electron chi connectivity index (χ1n) is 6.82. The van der Waals surface area contributed by atoms with E-state index in [1.807, 2.05) is 6.92 Å². The molecule has 1 aliphatic heterocycles. The maximum absolute atomic E-state index is 11.2. The highest BCUT2D eigenvalue weighted by molar-refractivity contribution is 5.60. The van der Waals surface area contributed by atoms with E-state index in [0.717, 1.165) is 32.4 Å². The number of aryl methyl sites for hydroxylation is 2. The summed E-state index contributed by atoms with van der Waals surface area (Å²) in [6, 6.07) is 0.284. The number of piperidine rings is 1. The van der Waals surface area contributed by atoms with Crippen molar-refractivity contribution in [2.45, 2.75) is 45.7 Å². The Labute approximate surface area is 112 Å². The van der Waals surface area contributed by atoms with Gasteiger partial charge in [-0.15, -0.1) is 0 Å². The lowest BCUT2D eigenvalue weighted by Crippen LogP contribution is -2.36. The molecule has 7 nitrogen and oxygen atoms in total. The Hall–Kier alpha value is -1.63. The minimum Gasteiger partial charge on any atom is -0.362 e. The van der Waals surface area contributed by atoms with Gasteiger partial charge < -0.3 is 10.6 Å². The van der Waals surface area contributed by atoms with Crippen LogP contribution in [0.1, 0.15) is 31.9 Å². The van der Waals surface area contributed by atoms with E-state index in [2.05, 4.69) is 15.7 Å². The maximum Gasteiger partial charge on any atom is 0.333 e. The second kappa shape index (κ2) is 6.01. The van der Waals surface area contributed by atoms with E-state index >= 15 is 0 Å². The minimum absolute atomic E-state index is 0.118. The molecular weight excluding hydrogens is 246 g/mol. The zero-order chi connectivity index (χ0) is 13.8. The van der Waals surface area contributed by atoms with Crippen molar-refractivity contribution in [1.29, 1.82) is 0 Å². The van der Waals surface area contributed by atoms with Crippen LogP contribution in [0.3, 0.4) is 0 Å². The Bertz CT molecular complexity index is 451. The lowest BCUT2D eigenvalue weighted by molar-refractivity contribution is -0.384. The average Bonchev–Trinajstić information content (AvgIpc) is 2.67. The number of aromatic nitrogens is 2. The van der Waals surface area contributed by atoms with Crippen LogP contribution in [-0.2, 0) is 6.54 Å². The van der Waals surface area contributed by atoms with Crippen molar-refractivity contribution in [3.8, 4) is 0 Å². The van der Waals surface area contributed by atoms with Gasteiger partial charge in [-0.2, -0.15) is 5.10 Å². The maximum atomic E-state index is 11.2. The molecule has 2 heterocycles. The summed E-state index contributed by atoms with van der Waals surface area (Å²) in [7, 11) is 0. The van der Waals surface area contributed by atoms with E-state index in [4.69, 9.17) is 0 Å². The summed E-state index contributed by atoms with van der Waals surface area (Å²) in [4.78, 5) is 10.9. The van der Waals surface area contributed by atoms with E-state index in [0.29, 0.717) is 18.1 Å². The SMILES string of the molecule is CCCn1nc(C)c([N+](=O)[O-])c1NC1CCNCC1. The molecule has 0 amide bonds. The fourth-order valence-electron chi connectivity index (χ4n) is 2.47. The first kappa shape index (κ1) is 13.8. The highest BCUT2D eigenvalue weighted by Crippen LogP contribution is 2.29. The van der Waals surface area contributed by atoms with Gasteiger partial charge in [-0.25, -0.2) is 4.68 Å². The van der Waals surface area contributed by atoms with Crippen molar-refractivity contribution in [3.63, 3.8) is 0 Å². The topological polar surface area (TPSA) is 85.0 Å². The van der Waals surface area contributed by atoms with Crippen LogP contribution in [0.15, 0.2) is 0 Å². The third-order valence-corrected chi connectivity index (χ3v) is 3.39. The summed E-state index contributed by atoms with van der Waals surface area (Å²) in [5, 5.41) is 22.1. The molecule has 2 rings (SSSR count). The van der Waals surface area contributed by atoms with Crippen molar-refractivity contribution < 1.29 is 4.92 Å². The van der Waals surface area contributed by atoms with E-state index in [1.54, 1.807) is 11.6 Å². The first-order chi connectivity index (χ1) is 9.13. The summed E-state index contributed by atoms with van der Waals surface area (Å²) in [6.07, 6.45) is 2.86. The zero-order valence-corrected chi connectivity index (χ0v) is 11.5. The van der Waals surface area contributed by atoms with Crippen LogP contribution in [0, 0.1) is 17.0 Å². The van der Waals surface area contributed by atoms with Gasteiger partial charge in [0, 0.05) is 12.6 Å². The van der Waals surface area contributed by atoms with Crippen molar-refractivity contribution in [2.24, 2.45) is 0 Å². The van der Waals surface area contributed by atoms with Crippen LogP contribution in [-0.4, -0.2) is 33.8 Å². The fourth-order valence-corrected chi connectivity index (χ4v) is 2.47. The van der Waals surface area contributed by atoms with Crippen LogP contribution in [0.25, 0.3) is 0 Å². The van der Waals surface area contributed by atoms with Crippen LogP contribution in [0.5, 0.6) is 0 Å². The smallest absolute Gasteiger partial charge is 0.333 e. The van der Waals surface area contributed by atoms with Crippen molar-refractivity contribution >= 4 is 11.5 Å². The van der Waals surface area contributed by atoms with Crippen molar-refractivity contribution in [1.82, 2.24) is 15.1 Å². The molecule has 0 radical (unpaired) electrons. The lowest BCUT2D eigenvalue weighted by atomic mass is 10.1.